The number of hydrogen-bond donors (Lipinski definition) is 0. The van der Waals surface area contributed by atoms with Crippen LogP contribution in [0, 0.1) is 29.6 Å². The van der Waals surface area contributed by atoms with Crippen molar-refractivity contribution >= 4 is 5.97 Å². The summed E-state index contributed by atoms with van der Waals surface area (Å²) in [6, 6.07) is 0. The molecule has 2 fully saturated rings. The molecule has 0 spiro atoms. The van der Waals surface area contributed by atoms with Crippen LogP contribution in [-0.2, 0) is 14.3 Å². The van der Waals surface area contributed by atoms with E-state index in [1.165, 1.54) is 44.1 Å². The Labute approximate surface area is 184 Å². The second kappa shape index (κ2) is 11.5. The minimum Gasteiger partial charge on any atom is -0.431 e. The first-order valence-corrected chi connectivity index (χ1v) is 12.6. The predicted octanol–water partition coefficient (Wildman–Crippen LogP) is 7.22. The monoisotopic (exact) mass is 416 g/mol. The summed E-state index contributed by atoms with van der Waals surface area (Å²) >= 11 is 0. The van der Waals surface area contributed by atoms with E-state index in [1.807, 2.05) is 6.08 Å². The second-order valence-corrected chi connectivity index (χ2v) is 10.5. The van der Waals surface area contributed by atoms with E-state index in [0.29, 0.717) is 12.0 Å². The number of esters is 1. The lowest BCUT2D eigenvalue weighted by Gasteiger charge is -2.36. The normalized spacial score (nSPS) is 32.0. The molecule has 0 heterocycles. The molecule has 2 atom stereocenters. The van der Waals surface area contributed by atoms with Gasteiger partial charge in [-0.15, -0.1) is 0 Å². The van der Waals surface area contributed by atoms with Gasteiger partial charge in [-0.2, -0.15) is 0 Å². The van der Waals surface area contributed by atoms with Crippen molar-refractivity contribution in [2.75, 3.05) is 7.11 Å². The topological polar surface area (TPSA) is 35.5 Å². The Hall–Kier alpha value is -1.09. The van der Waals surface area contributed by atoms with E-state index in [-0.39, 0.29) is 11.9 Å². The van der Waals surface area contributed by atoms with Crippen LogP contribution in [0.3, 0.4) is 0 Å². The molecule has 0 aromatic rings. The standard InChI is InChI=1S/C27H44O3/c1-19-5-9-23(10-6-19)24-11-13-25(14-12-24)27(28)30-26-17-15-22(16-18-26)20(2)7-8-21(3)29-4/h15,17,19-21,23-25H,5-14,16,18H2,1-4H3. The number of allylic oxidation sites excluding steroid dienone is 4. The highest BCUT2D eigenvalue weighted by Gasteiger charge is 2.33. The molecular formula is C27H44O3. The average Bonchev–Trinajstić information content (AvgIpc) is 2.78. The molecule has 3 rings (SSSR count). The molecule has 30 heavy (non-hydrogen) atoms. The van der Waals surface area contributed by atoms with Crippen molar-refractivity contribution in [2.24, 2.45) is 29.6 Å². The lowest BCUT2D eigenvalue weighted by Crippen LogP contribution is -2.28. The summed E-state index contributed by atoms with van der Waals surface area (Å²) in [6.45, 7) is 6.82. The Bertz CT molecular complexity index is 604. The third-order valence-corrected chi connectivity index (χ3v) is 8.25. The molecule has 3 heteroatoms. The first-order chi connectivity index (χ1) is 14.5. The minimum absolute atomic E-state index is 0.0239. The molecule has 3 aliphatic carbocycles. The molecule has 0 N–H and O–H groups in total. The zero-order chi connectivity index (χ0) is 21.5. The largest absolute Gasteiger partial charge is 0.431 e. The van der Waals surface area contributed by atoms with Gasteiger partial charge in [0.25, 0.3) is 0 Å². The zero-order valence-corrected chi connectivity index (χ0v) is 19.8. The van der Waals surface area contributed by atoms with Gasteiger partial charge >= 0.3 is 5.97 Å². The summed E-state index contributed by atoms with van der Waals surface area (Å²) < 4.78 is 11.2. The molecule has 2 saturated carbocycles. The van der Waals surface area contributed by atoms with Crippen LogP contribution >= 0.6 is 0 Å². The number of hydrogen-bond acceptors (Lipinski definition) is 3. The molecule has 3 aliphatic rings. The van der Waals surface area contributed by atoms with Gasteiger partial charge in [-0.3, -0.25) is 4.79 Å². The molecule has 2 unspecified atom stereocenters. The van der Waals surface area contributed by atoms with Gasteiger partial charge in [-0.1, -0.05) is 38.3 Å². The Morgan fingerprint density at radius 1 is 0.933 bits per heavy atom. The van der Waals surface area contributed by atoms with E-state index in [1.54, 1.807) is 7.11 Å². The van der Waals surface area contributed by atoms with E-state index in [2.05, 4.69) is 26.8 Å². The van der Waals surface area contributed by atoms with Crippen molar-refractivity contribution in [3.63, 3.8) is 0 Å². The maximum atomic E-state index is 12.7. The molecule has 3 nitrogen and oxygen atoms in total. The van der Waals surface area contributed by atoms with Gasteiger partial charge in [0, 0.05) is 13.5 Å². The first kappa shape index (κ1) is 23.6. The summed E-state index contributed by atoms with van der Waals surface area (Å²) in [5.41, 5.74) is 1.47. The fraction of sp³-hybridized carbons (Fsp3) is 0.815. The first-order valence-electron chi connectivity index (χ1n) is 12.6. The predicted molar refractivity (Wildman–Crippen MR) is 123 cm³/mol. The van der Waals surface area contributed by atoms with Crippen molar-refractivity contribution in [3.05, 3.63) is 23.5 Å². The van der Waals surface area contributed by atoms with Crippen LogP contribution in [0.4, 0.5) is 0 Å². The number of carbonyl (C=O) groups is 1. The lowest BCUT2D eigenvalue weighted by molar-refractivity contribution is -0.146. The van der Waals surface area contributed by atoms with Gasteiger partial charge in [0.15, 0.2) is 0 Å². The summed E-state index contributed by atoms with van der Waals surface area (Å²) in [5, 5.41) is 0. The molecule has 0 bridgehead atoms. The fourth-order valence-corrected chi connectivity index (χ4v) is 5.71. The molecular weight excluding hydrogens is 372 g/mol. The number of methoxy groups -OCH3 is 1. The van der Waals surface area contributed by atoms with E-state index in [4.69, 9.17) is 9.47 Å². The van der Waals surface area contributed by atoms with Gasteiger partial charge < -0.3 is 9.47 Å². The van der Waals surface area contributed by atoms with Gasteiger partial charge in [0.2, 0.25) is 0 Å². The second-order valence-electron chi connectivity index (χ2n) is 10.5. The van der Waals surface area contributed by atoms with Crippen LogP contribution in [0.5, 0.6) is 0 Å². The highest BCUT2D eigenvalue weighted by Crippen LogP contribution is 2.41. The third kappa shape index (κ3) is 6.70. The summed E-state index contributed by atoms with van der Waals surface area (Å²) in [4.78, 5) is 12.7. The molecule has 170 valence electrons. The summed E-state index contributed by atoms with van der Waals surface area (Å²) in [6.07, 6.45) is 18.8. The number of ether oxygens (including phenoxy) is 2. The molecule has 0 amide bonds. The Balaban J connectivity index is 1.41. The van der Waals surface area contributed by atoms with Gasteiger partial charge in [-0.25, -0.2) is 0 Å². The van der Waals surface area contributed by atoms with E-state index in [0.717, 1.165) is 62.0 Å². The van der Waals surface area contributed by atoms with Crippen LogP contribution in [0.1, 0.15) is 97.8 Å². The van der Waals surface area contributed by atoms with Crippen LogP contribution in [0.15, 0.2) is 23.5 Å². The zero-order valence-electron chi connectivity index (χ0n) is 19.8. The van der Waals surface area contributed by atoms with Crippen LogP contribution in [0.25, 0.3) is 0 Å². The van der Waals surface area contributed by atoms with Gasteiger partial charge in [0.1, 0.15) is 5.76 Å². The smallest absolute Gasteiger partial charge is 0.314 e. The Kier molecular flexibility index (Phi) is 9.04. The van der Waals surface area contributed by atoms with Crippen molar-refractivity contribution < 1.29 is 14.3 Å². The molecule has 0 aromatic carbocycles. The molecule has 0 radical (unpaired) electrons. The third-order valence-electron chi connectivity index (χ3n) is 8.25. The minimum atomic E-state index is 0.0239. The average molecular weight is 417 g/mol. The maximum absolute atomic E-state index is 12.7. The van der Waals surface area contributed by atoms with Gasteiger partial charge in [-0.05, 0) is 94.5 Å². The lowest BCUT2D eigenvalue weighted by atomic mass is 9.69. The maximum Gasteiger partial charge on any atom is 0.314 e. The van der Waals surface area contributed by atoms with Crippen LogP contribution < -0.4 is 0 Å². The SMILES string of the molecule is COC(C)CCC(C)C1=CC=C(OC(=O)C2CCC(C3CCC(C)CC3)CC2)CC1. The van der Waals surface area contributed by atoms with Crippen molar-refractivity contribution in [1.29, 1.82) is 0 Å². The van der Waals surface area contributed by atoms with Crippen molar-refractivity contribution in [1.82, 2.24) is 0 Å². The summed E-state index contributed by atoms with van der Waals surface area (Å²) in [5.74, 6) is 4.25. The van der Waals surface area contributed by atoms with Gasteiger partial charge in [0.05, 0.1) is 12.0 Å². The molecule has 0 saturated heterocycles. The van der Waals surface area contributed by atoms with Crippen LogP contribution in [-0.4, -0.2) is 19.2 Å². The van der Waals surface area contributed by atoms with E-state index >= 15 is 0 Å². The highest BCUT2D eigenvalue weighted by molar-refractivity contribution is 5.73. The quantitative estimate of drug-likeness (QED) is 0.392. The van der Waals surface area contributed by atoms with E-state index < -0.39 is 0 Å². The number of rotatable bonds is 8. The Morgan fingerprint density at radius 2 is 1.57 bits per heavy atom. The summed E-state index contributed by atoms with van der Waals surface area (Å²) in [7, 11) is 1.78. The fourth-order valence-electron chi connectivity index (χ4n) is 5.71. The van der Waals surface area contributed by atoms with Crippen molar-refractivity contribution in [2.45, 2.75) is 104 Å². The van der Waals surface area contributed by atoms with E-state index in [9.17, 15) is 4.79 Å². The Morgan fingerprint density at radius 3 is 2.13 bits per heavy atom. The molecule has 0 aromatic heterocycles. The molecule has 0 aliphatic heterocycles. The van der Waals surface area contributed by atoms with Crippen LogP contribution in [0.2, 0.25) is 0 Å². The number of carbonyl (C=O) groups excluding carboxylic acids is 1. The highest BCUT2D eigenvalue weighted by atomic mass is 16.5. The van der Waals surface area contributed by atoms with Crippen molar-refractivity contribution in [3.8, 4) is 0 Å².